The lowest BCUT2D eigenvalue weighted by Gasteiger charge is -2.37. The van der Waals surface area contributed by atoms with Crippen LogP contribution in [0, 0.1) is 11.2 Å². The monoisotopic (exact) mass is 649 g/mol. The summed E-state index contributed by atoms with van der Waals surface area (Å²) >= 11 is 0. The van der Waals surface area contributed by atoms with E-state index in [1.165, 1.54) is 0 Å². The van der Waals surface area contributed by atoms with Crippen LogP contribution >= 0.6 is 0 Å². The molecule has 13 heteroatoms. The number of ether oxygens (including phenoxy) is 1. The molecule has 2 aliphatic rings. The van der Waals surface area contributed by atoms with Crippen molar-refractivity contribution in [2.45, 2.75) is 6.42 Å². The van der Waals surface area contributed by atoms with Crippen molar-refractivity contribution in [2.75, 3.05) is 69.7 Å². The SMILES string of the molecule is COCC1(C(=O)Nc2ccc3[nH]nc(-c4ccncc4)c3c2)CCN(CC(=O)N2CCN(c3ccc(-c4ncc(F)cn4)cc3)CC2)C1. The van der Waals surface area contributed by atoms with Gasteiger partial charge < -0.3 is 19.9 Å². The van der Waals surface area contributed by atoms with E-state index in [9.17, 15) is 14.0 Å². The lowest BCUT2D eigenvalue weighted by Crippen LogP contribution is -2.51. The molecule has 12 nitrogen and oxygen atoms in total. The average molecular weight is 650 g/mol. The third kappa shape index (κ3) is 6.46. The molecule has 2 fully saturated rings. The number of H-pyrrole nitrogens is 1. The second kappa shape index (κ2) is 13.5. The van der Waals surface area contributed by atoms with E-state index in [4.69, 9.17) is 4.74 Å². The van der Waals surface area contributed by atoms with E-state index in [0.717, 1.165) is 45.8 Å². The number of hydrogen-bond donors (Lipinski definition) is 2. The Labute approximate surface area is 277 Å². The van der Waals surface area contributed by atoms with Gasteiger partial charge in [-0.1, -0.05) is 0 Å². The highest BCUT2D eigenvalue weighted by molar-refractivity contribution is 6.00. The molecule has 2 aliphatic heterocycles. The predicted molar refractivity (Wildman–Crippen MR) is 180 cm³/mol. The molecule has 1 atom stereocenters. The third-order valence-electron chi connectivity index (χ3n) is 9.21. The Kier molecular flexibility index (Phi) is 8.78. The molecule has 2 N–H and O–H groups in total. The molecule has 246 valence electrons. The maximum absolute atomic E-state index is 13.8. The molecule has 1 unspecified atom stereocenters. The number of piperazine rings is 1. The summed E-state index contributed by atoms with van der Waals surface area (Å²) in [6, 6.07) is 17.3. The molecule has 2 aromatic carbocycles. The fourth-order valence-electron chi connectivity index (χ4n) is 6.61. The van der Waals surface area contributed by atoms with Crippen molar-refractivity contribution in [3.63, 3.8) is 0 Å². The fraction of sp³-hybridized carbons (Fsp3) is 0.314. The number of halogens is 1. The number of carbonyl (C=O) groups excluding carboxylic acids is 2. The number of benzene rings is 2. The molecule has 0 bridgehead atoms. The number of nitrogens with zero attached hydrogens (tertiary/aromatic N) is 7. The van der Waals surface area contributed by atoms with Crippen LogP contribution in [-0.4, -0.2) is 106 Å². The zero-order valence-electron chi connectivity index (χ0n) is 26.6. The van der Waals surface area contributed by atoms with Crippen LogP contribution in [0.4, 0.5) is 15.8 Å². The van der Waals surface area contributed by atoms with Crippen molar-refractivity contribution in [2.24, 2.45) is 5.41 Å². The number of likely N-dealkylation sites (tertiary alicyclic amines) is 1. The van der Waals surface area contributed by atoms with E-state index < -0.39 is 11.2 Å². The van der Waals surface area contributed by atoms with Crippen molar-refractivity contribution in [1.82, 2.24) is 34.9 Å². The summed E-state index contributed by atoms with van der Waals surface area (Å²) in [5, 5.41) is 11.6. The lowest BCUT2D eigenvalue weighted by molar-refractivity contribution is -0.133. The van der Waals surface area contributed by atoms with Crippen molar-refractivity contribution >= 4 is 34.1 Å². The van der Waals surface area contributed by atoms with E-state index in [1.807, 2.05) is 59.5 Å². The van der Waals surface area contributed by atoms with Crippen LogP contribution in [0.1, 0.15) is 6.42 Å². The summed E-state index contributed by atoms with van der Waals surface area (Å²) in [5.74, 6) is -0.0681. The second-order valence-corrected chi connectivity index (χ2v) is 12.3. The van der Waals surface area contributed by atoms with Gasteiger partial charge in [-0.05, 0) is 67.6 Å². The van der Waals surface area contributed by atoms with Gasteiger partial charge in [0.25, 0.3) is 0 Å². The molecule has 3 aromatic heterocycles. The van der Waals surface area contributed by atoms with Gasteiger partial charge in [0.1, 0.15) is 5.69 Å². The topological polar surface area (TPSA) is 132 Å². The largest absolute Gasteiger partial charge is 0.384 e. The Morgan fingerprint density at radius 3 is 2.44 bits per heavy atom. The maximum Gasteiger partial charge on any atom is 0.236 e. The number of pyridine rings is 1. The maximum atomic E-state index is 13.8. The molecule has 0 radical (unpaired) electrons. The summed E-state index contributed by atoms with van der Waals surface area (Å²) in [4.78, 5) is 45.6. The first kappa shape index (κ1) is 31.3. The van der Waals surface area contributed by atoms with Gasteiger partial charge in [0, 0.05) is 80.1 Å². The van der Waals surface area contributed by atoms with Crippen molar-refractivity contribution in [3.8, 4) is 22.6 Å². The molecule has 0 aliphatic carbocycles. The van der Waals surface area contributed by atoms with E-state index in [1.54, 1.807) is 19.5 Å². The lowest BCUT2D eigenvalue weighted by atomic mass is 9.87. The van der Waals surface area contributed by atoms with Crippen molar-refractivity contribution < 1.29 is 18.7 Å². The number of hydrogen-bond acceptors (Lipinski definition) is 9. The Balaban J connectivity index is 0.946. The van der Waals surface area contributed by atoms with E-state index >= 15 is 0 Å². The number of aromatic nitrogens is 5. The van der Waals surface area contributed by atoms with Crippen molar-refractivity contribution in [1.29, 1.82) is 0 Å². The summed E-state index contributed by atoms with van der Waals surface area (Å²) in [6.07, 6.45) is 6.35. The van der Waals surface area contributed by atoms with Crippen LogP contribution in [0.3, 0.4) is 0 Å². The van der Waals surface area contributed by atoms with Crippen molar-refractivity contribution in [3.05, 3.63) is 85.2 Å². The molecular weight excluding hydrogens is 613 g/mol. The number of anilines is 2. The minimum atomic E-state index is -0.780. The number of nitrogens with one attached hydrogen (secondary N) is 2. The van der Waals surface area contributed by atoms with E-state index in [2.05, 4.69) is 40.3 Å². The highest BCUT2D eigenvalue weighted by Crippen LogP contribution is 2.34. The van der Waals surface area contributed by atoms with Gasteiger partial charge in [-0.15, -0.1) is 0 Å². The molecule has 0 saturated carbocycles. The van der Waals surface area contributed by atoms with Crippen LogP contribution in [0.25, 0.3) is 33.5 Å². The first-order valence-electron chi connectivity index (χ1n) is 15.9. The first-order chi connectivity index (χ1) is 23.4. The summed E-state index contributed by atoms with van der Waals surface area (Å²) in [6.45, 7) is 4.19. The molecule has 7 rings (SSSR count). The number of rotatable bonds is 9. The zero-order valence-corrected chi connectivity index (χ0v) is 26.6. The van der Waals surface area contributed by atoms with Gasteiger partial charge in [-0.25, -0.2) is 14.4 Å². The molecule has 2 saturated heterocycles. The van der Waals surface area contributed by atoms with E-state index in [-0.39, 0.29) is 25.0 Å². The molecule has 2 amide bonds. The standard InChI is InChI=1S/C35H36FN9O3/c1-48-23-35(34(47)40-27-4-7-30-29(18-27)32(42-41-30)24-8-11-37-12-9-24)10-13-43(22-35)21-31(46)45-16-14-44(15-17-45)28-5-2-25(3-6-28)33-38-19-26(36)20-39-33/h2-9,11-12,18-20H,10,13-17,21-23H2,1H3,(H,40,47)(H,41,42). The molecule has 0 spiro atoms. The number of amides is 2. The predicted octanol–water partition coefficient (Wildman–Crippen LogP) is 3.85. The van der Waals surface area contributed by atoms with Gasteiger partial charge in [0.2, 0.25) is 11.8 Å². The molecular formula is C35H36FN9O3. The van der Waals surface area contributed by atoms with Crippen LogP contribution in [0.15, 0.2) is 79.4 Å². The molecule has 48 heavy (non-hydrogen) atoms. The summed E-state index contributed by atoms with van der Waals surface area (Å²) in [5.41, 5.74) is 4.34. The third-order valence-corrected chi connectivity index (χ3v) is 9.21. The summed E-state index contributed by atoms with van der Waals surface area (Å²) < 4.78 is 18.7. The highest BCUT2D eigenvalue weighted by Gasteiger charge is 2.45. The van der Waals surface area contributed by atoms with Crippen LogP contribution in [0.2, 0.25) is 0 Å². The van der Waals surface area contributed by atoms with E-state index in [0.29, 0.717) is 57.2 Å². The zero-order chi connectivity index (χ0) is 33.1. The molecule has 5 heterocycles. The van der Waals surface area contributed by atoms with Gasteiger partial charge in [-0.3, -0.25) is 24.6 Å². The normalized spacial score (nSPS) is 18.4. The quantitative estimate of drug-likeness (QED) is 0.244. The Morgan fingerprint density at radius 2 is 1.71 bits per heavy atom. The Bertz CT molecular complexity index is 1890. The number of fused-ring (bicyclic) bond motifs is 1. The number of methoxy groups -OCH3 is 1. The summed E-state index contributed by atoms with van der Waals surface area (Å²) in [7, 11) is 1.60. The second-order valence-electron chi connectivity index (χ2n) is 12.3. The van der Waals surface area contributed by atoms with Gasteiger partial charge in [0.05, 0.1) is 36.5 Å². The number of aromatic amines is 1. The van der Waals surface area contributed by atoms with Crippen LogP contribution < -0.4 is 10.2 Å². The first-order valence-corrected chi connectivity index (χ1v) is 15.9. The average Bonchev–Trinajstić information content (AvgIpc) is 3.74. The highest BCUT2D eigenvalue weighted by atomic mass is 19.1. The van der Waals surface area contributed by atoms with Gasteiger partial charge in [0.15, 0.2) is 11.6 Å². The smallest absolute Gasteiger partial charge is 0.236 e. The van der Waals surface area contributed by atoms with Gasteiger partial charge >= 0.3 is 0 Å². The molecule has 5 aromatic rings. The van der Waals surface area contributed by atoms with Crippen LogP contribution in [0.5, 0.6) is 0 Å². The Morgan fingerprint density at radius 1 is 0.958 bits per heavy atom. The minimum Gasteiger partial charge on any atom is -0.384 e. The minimum absolute atomic E-state index is 0.0566. The fourth-order valence-corrected chi connectivity index (χ4v) is 6.61. The number of carbonyl (C=O) groups is 2. The van der Waals surface area contributed by atoms with Crippen LogP contribution in [-0.2, 0) is 14.3 Å². The van der Waals surface area contributed by atoms with Gasteiger partial charge in [-0.2, -0.15) is 5.10 Å². The Hall–Kier alpha value is -5.27.